The van der Waals surface area contributed by atoms with E-state index < -0.39 is 0 Å². The molecule has 0 saturated heterocycles. The first kappa shape index (κ1) is 14.3. The third kappa shape index (κ3) is 3.33. The van der Waals surface area contributed by atoms with Gasteiger partial charge < -0.3 is 5.32 Å². The average Bonchev–Trinajstić information content (AvgIpc) is 2.90. The second kappa shape index (κ2) is 6.41. The fraction of sp³-hybridized carbons (Fsp3) is 0.267. The van der Waals surface area contributed by atoms with Gasteiger partial charge in [-0.05, 0) is 31.2 Å². The maximum absolute atomic E-state index is 4.65. The molecule has 2 heterocycles. The molecule has 6 heteroatoms. The van der Waals surface area contributed by atoms with E-state index in [2.05, 4.69) is 38.6 Å². The zero-order chi connectivity index (χ0) is 14.7. The summed E-state index contributed by atoms with van der Waals surface area (Å²) in [5.41, 5.74) is 2.01. The molecule has 2 aromatic heterocycles. The molecule has 0 aliphatic rings. The molecule has 0 aliphatic heterocycles. The van der Waals surface area contributed by atoms with E-state index in [0.29, 0.717) is 5.95 Å². The van der Waals surface area contributed by atoms with Crippen LogP contribution in [-0.4, -0.2) is 21.5 Å². The van der Waals surface area contributed by atoms with Crippen molar-refractivity contribution in [3.05, 3.63) is 35.3 Å². The lowest BCUT2D eigenvalue weighted by molar-refractivity contribution is 0.945. The van der Waals surface area contributed by atoms with Crippen molar-refractivity contribution in [2.45, 2.75) is 29.6 Å². The number of aromatic nitrogens is 3. The molecule has 0 fully saturated rings. The van der Waals surface area contributed by atoms with E-state index in [1.807, 2.05) is 25.1 Å². The third-order valence-electron chi connectivity index (χ3n) is 2.88. The van der Waals surface area contributed by atoms with Crippen LogP contribution in [0.5, 0.6) is 0 Å². The number of benzene rings is 1. The average molecular weight is 316 g/mol. The fourth-order valence-corrected chi connectivity index (χ4v) is 3.77. The number of nitrogens with zero attached hydrogens (tertiary/aromatic N) is 3. The van der Waals surface area contributed by atoms with E-state index in [9.17, 15) is 0 Å². The topological polar surface area (TPSA) is 50.7 Å². The van der Waals surface area contributed by atoms with Gasteiger partial charge in [-0.25, -0.2) is 15.0 Å². The van der Waals surface area contributed by atoms with E-state index >= 15 is 0 Å². The van der Waals surface area contributed by atoms with Gasteiger partial charge in [0.1, 0.15) is 5.03 Å². The van der Waals surface area contributed by atoms with Gasteiger partial charge in [0.2, 0.25) is 5.95 Å². The minimum atomic E-state index is 0.686. The van der Waals surface area contributed by atoms with Crippen LogP contribution in [0.3, 0.4) is 0 Å². The zero-order valence-corrected chi connectivity index (χ0v) is 13.6. The van der Waals surface area contributed by atoms with Crippen molar-refractivity contribution >= 4 is 39.9 Å². The standard InChI is InChI=1S/C15H16N4S2/c1-3-8-16-14-18-12-7-5-4-6-11(12)13(19-14)21-15-17-10(2)9-20-15/h4-7,9H,3,8H2,1-2H3,(H,16,18,19). The highest BCUT2D eigenvalue weighted by Crippen LogP contribution is 2.33. The number of aryl methyl sites for hydroxylation is 1. The van der Waals surface area contributed by atoms with E-state index in [-0.39, 0.29) is 0 Å². The highest BCUT2D eigenvalue weighted by atomic mass is 32.2. The first-order valence-electron chi connectivity index (χ1n) is 6.87. The quantitative estimate of drug-likeness (QED) is 0.708. The Bertz CT molecular complexity index is 754. The van der Waals surface area contributed by atoms with E-state index in [1.54, 1.807) is 23.1 Å². The Labute approximate surface area is 132 Å². The van der Waals surface area contributed by atoms with Gasteiger partial charge in [0.15, 0.2) is 4.34 Å². The zero-order valence-electron chi connectivity index (χ0n) is 12.0. The summed E-state index contributed by atoms with van der Waals surface area (Å²) in [6.45, 7) is 5.01. The van der Waals surface area contributed by atoms with E-state index in [0.717, 1.165) is 38.9 Å². The van der Waals surface area contributed by atoms with Gasteiger partial charge in [0.25, 0.3) is 0 Å². The van der Waals surface area contributed by atoms with Crippen LogP contribution in [0.4, 0.5) is 5.95 Å². The summed E-state index contributed by atoms with van der Waals surface area (Å²) in [6.07, 6.45) is 1.05. The maximum atomic E-state index is 4.65. The first-order valence-corrected chi connectivity index (χ1v) is 8.56. The Kier molecular flexibility index (Phi) is 4.36. The lowest BCUT2D eigenvalue weighted by Gasteiger charge is -2.08. The number of hydrogen-bond donors (Lipinski definition) is 1. The SMILES string of the molecule is CCCNc1nc(Sc2nc(C)cs2)c2ccccc2n1. The number of para-hydroxylation sites is 1. The van der Waals surface area contributed by atoms with Crippen molar-refractivity contribution in [2.75, 3.05) is 11.9 Å². The minimum Gasteiger partial charge on any atom is -0.354 e. The molecule has 0 atom stereocenters. The smallest absolute Gasteiger partial charge is 0.224 e. The number of nitrogens with one attached hydrogen (secondary N) is 1. The fourth-order valence-electron chi connectivity index (χ4n) is 1.90. The monoisotopic (exact) mass is 316 g/mol. The highest BCUT2D eigenvalue weighted by molar-refractivity contribution is 8.01. The molecule has 0 bridgehead atoms. The normalized spacial score (nSPS) is 11.0. The molecular formula is C15H16N4S2. The largest absolute Gasteiger partial charge is 0.354 e. The van der Waals surface area contributed by atoms with Gasteiger partial charge in [-0.3, -0.25) is 0 Å². The Morgan fingerprint density at radius 2 is 2.05 bits per heavy atom. The Morgan fingerprint density at radius 1 is 1.19 bits per heavy atom. The summed E-state index contributed by atoms with van der Waals surface area (Å²) >= 11 is 3.25. The molecule has 1 N–H and O–H groups in total. The number of anilines is 1. The first-order chi connectivity index (χ1) is 10.3. The van der Waals surface area contributed by atoms with Crippen LogP contribution in [0.15, 0.2) is 39.0 Å². The Morgan fingerprint density at radius 3 is 2.81 bits per heavy atom. The number of rotatable bonds is 5. The second-order valence-corrected chi connectivity index (χ2v) is 6.75. The third-order valence-corrected chi connectivity index (χ3v) is 4.94. The Hall–Kier alpha value is -1.66. The lowest BCUT2D eigenvalue weighted by atomic mass is 10.2. The van der Waals surface area contributed by atoms with Crippen molar-refractivity contribution in [3.63, 3.8) is 0 Å². The van der Waals surface area contributed by atoms with Crippen LogP contribution in [0, 0.1) is 6.92 Å². The molecule has 21 heavy (non-hydrogen) atoms. The van der Waals surface area contributed by atoms with Crippen molar-refractivity contribution in [2.24, 2.45) is 0 Å². The molecule has 0 amide bonds. The molecule has 0 aliphatic carbocycles. The number of thiazole rings is 1. The Balaban J connectivity index is 2.01. The summed E-state index contributed by atoms with van der Waals surface area (Å²) in [7, 11) is 0. The van der Waals surface area contributed by atoms with E-state index in [4.69, 9.17) is 0 Å². The molecular weight excluding hydrogens is 300 g/mol. The predicted molar refractivity (Wildman–Crippen MR) is 89.3 cm³/mol. The summed E-state index contributed by atoms with van der Waals surface area (Å²) in [5.74, 6) is 0.686. The maximum Gasteiger partial charge on any atom is 0.224 e. The molecule has 0 saturated carbocycles. The van der Waals surface area contributed by atoms with Crippen LogP contribution in [0.1, 0.15) is 19.0 Å². The van der Waals surface area contributed by atoms with Gasteiger partial charge >= 0.3 is 0 Å². The van der Waals surface area contributed by atoms with E-state index in [1.165, 1.54) is 0 Å². The van der Waals surface area contributed by atoms with Crippen LogP contribution in [0.2, 0.25) is 0 Å². The van der Waals surface area contributed by atoms with Crippen molar-refractivity contribution in [3.8, 4) is 0 Å². The molecule has 4 nitrogen and oxygen atoms in total. The van der Waals surface area contributed by atoms with Gasteiger partial charge in [0.05, 0.1) is 5.52 Å². The van der Waals surface area contributed by atoms with Gasteiger partial charge in [-0.1, -0.05) is 25.1 Å². The summed E-state index contributed by atoms with van der Waals surface area (Å²) in [4.78, 5) is 13.7. The van der Waals surface area contributed by atoms with Gasteiger partial charge in [-0.15, -0.1) is 11.3 Å². The van der Waals surface area contributed by atoms with Crippen LogP contribution in [0.25, 0.3) is 10.9 Å². The summed E-state index contributed by atoms with van der Waals surface area (Å²) in [5, 5.41) is 7.34. The van der Waals surface area contributed by atoms with Gasteiger partial charge in [0, 0.05) is 23.0 Å². The van der Waals surface area contributed by atoms with Crippen LogP contribution >= 0.6 is 23.1 Å². The van der Waals surface area contributed by atoms with Crippen molar-refractivity contribution in [1.29, 1.82) is 0 Å². The number of hydrogen-bond acceptors (Lipinski definition) is 6. The van der Waals surface area contributed by atoms with Crippen LogP contribution in [-0.2, 0) is 0 Å². The molecule has 0 radical (unpaired) electrons. The molecule has 3 rings (SSSR count). The van der Waals surface area contributed by atoms with Crippen LogP contribution < -0.4 is 5.32 Å². The van der Waals surface area contributed by atoms with Crippen molar-refractivity contribution in [1.82, 2.24) is 15.0 Å². The molecule has 108 valence electrons. The molecule has 1 aromatic carbocycles. The van der Waals surface area contributed by atoms with Gasteiger partial charge in [-0.2, -0.15) is 0 Å². The second-order valence-electron chi connectivity index (χ2n) is 4.65. The minimum absolute atomic E-state index is 0.686. The lowest BCUT2D eigenvalue weighted by Crippen LogP contribution is -2.05. The highest BCUT2D eigenvalue weighted by Gasteiger charge is 2.10. The molecule has 3 aromatic rings. The summed E-state index contributed by atoms with van der Waals surface area (Å²) < 4.78 is 1.01. The molecule has 0 unspecified atom stereocenters. The van der Waals surface area contributed by atoms with Crippen molar-refractivity contribution < 1.29 is 0 Å². The molecule has 0 spiro atoms. The summed E-state index contributed by atoms with van der Waals surface area (Å²) in [6, 6.07) is 8.09. The number of fused-ring (bicyclic) bond motifs is 1. The predicted octanol–water partition coefficient (Wildman–Crippen LogP) is 4.37.